The van der Waals surface area contributed by atoms with E-state index in [9.17, 15) is 0 Å². The summed E-state index contributed by atoms with van der Waals surface area (Å²) in [6.45, 7) is 2.32. The van der Waals surface area contributed by atoms with E-state index in [1.54, 1.807) is 0 Å². The molecule has 1 N–H and O–H groups in total. The molecule has 0 radical (unpaired) electrons. The first-order valence-electron chi connectivity index (χ1n) is 5.24. The summed E-state index contributed by atoms with van der Waals surface area (Å²) >= 11 is 9.18. The van der Waals surface area contributed by atoms with Gasteiger partial charge in [0, 0.05) is 10.2 Å². The largest absolute Gasteiger partial charge is 0.464 e. The third-order valence-electron chi connectivity index (χ3n) is 1.94. The van der Waals surface area contributed by atoms with Crippen molar-refractivity contribution >= 4 is 39.2 Å². The Hall–Kier alpha value is -1.40. The second kappa shape index (κ2) is 5.97. The fourth-order valence-electron chi connectivity index (χ4n) is 1.28. The Morgan fingerprint density at radius 1 is 1.33 bits per heavy atom. The van der Waals surface area contributed by atoms with Gasteiger partial charge in [-0.2, -0.15) is 15.0 Å². The van der Waals surface area contributed by atoms with Gasteiger partial charge in [-0.25, -0.2) is 0 Å². The van der Waals surface area contributed by atoms with Gasteiger partial charge in [0.25, 0.3) is 0 Å². The molecule has 0 aliphatic heterocycles. The Balaban J connectivity index is 2.23. The molecule has 2 aromatic rings. The number of hydrogen-bond acceptors (Lipinski definition) is 5. The van der Waals surface area contributed by atoms with Crippen LogP contribution in [0.1, 0.15) is 6.92 Å². The highest BCUT2D eigenvalue weighted by Gasteiger charge is 2.06. The van der Waals surface area contributed by atoms with Gasteiger partial charge in [-0.1, -0.05) is 22.0 Å². The number of benzene rings is 1. The first kappa shape index (κ1) is 13.0. The Bertz CT molecular complexity index is 552. The Kier molecular flexibility index (Phi) is 4.33. The van der Waals surface area contributed by atoms with Crippen LogP contribution in [0.25, 0.3) is 0 Å². The number of nitrogens with one attached hydrogen (secondary N) is 1. The lowest BCUT2D eigenvalue weighted by Gasteiger charge is -2.07. The van der Waals surface area contributed by atoms with Crippen molar-refractivity contribution in [3.05, 3.63) is 34.0 Å². The van der Waals surface area contributed by atoms with Gasteiger partial charge in [-0.15, -0.1) is 0 Å². The van der Waals surface area contributed by atoms with Crippen LogP contribution in [-0.2, 0) is 0 Å². The minimum atomic E-state index is 0.0888. The summed E-state index contributed by atoms with van der Waals surface area (Å²) in [7, 11) is 0. The van der Waals surface area contributed by atoms with Gasteiger partial charge >= 0.3 is 6.01 Å². The molecule has 0 spiro atoms. The number of ether oxygens (including phenoxy) is 1. The number of halogens is 2. The lowest BCUT2D eigenvalue weighted by Crippen LogP contribution is -2.03. The van der Waals surface area contributed by atoms with E-state index in [0.29, 0.717) is 12.6 Å². The molecule has 0 bridgehead atoms. The summed E-state index contributed by atoms with van der Waals surface area (Å²) in [6, 6.07) is 7.83. The van der Waals surface area contributed by atoms with Crippen LogP contribution in [0, 0.1) is 0 Å². The van der Waals surface area contributed by atoms with Crippen molar-refractivity contribution in [3.8, 4) is 6.01 Å². The van der Waals surface area contributed by atoms with E-state index in [1.807, 2.05) is 31.2 Å². The predicted molar refractivity (Wildman–Crippen MR) is 73.4 cm³/mol. The van der Waals surface area contributed by atoms with E-state index in [1.165, 1.54) is 0 Å². The molecule has 1 aromatic carbocycles. The third-order valence-corrected chi connectivity index (χ3v) is 2.60. The van der Waals surface area contributed by atoms with E-state index in [2.05, 4.69) is 36.2 Å². The first-order chi connectivity index (χ1) is 8.67. The van der Waals surface area contributed by atoms with Crippen LogP contribution in [0.2, 0.25) is 5.28 Å². The third kappa shape index (κ3) is 3.54. The lowest BCUT2D eigenvalue weighted by atomic mass is 10.3. The monoisotopic (exact) mass is 328 g/mol. The standard InChI is InChI=1S/C11H10BrClN4O/c1-2-18-11-16-9(13)15-10(17-11)14-8-5-3-4-7(12)6-8/h3-6H,2H2,1H3,(H,14,15,16,17). The minimum Gasteiger partial charge on any atom is -0.464 e. The summed E-state index contributed by atoms with van der Waals surface area (Å²) < 4.78 is 6.15. The number of rotatable bonds is 4. The normalized spacial score (nSPS) is 10.2. The van der Waals surface area contributed by atoms with E-state index < -0.39 is 0 Å². The van der Waals surface area contributed by atoms with Crippen LogP contribution in [-0.4, -0.2) is 21.6 Å². The topological polar surface area (TPSA) is 59.9 Å². The van der Waals surface area contributed by atoms with Crippen LogP contribution < -0.4 is 10.1 Å². The average molecular weight is 330 g/mol. The maximum atomic E-state index is 5.79. The molecule has 0 unspecified atom stereocenters. The van der Waals surface area contributed by atoms with Gasteiger partial charge in [-0.3, -0.25) is 0 Å². The molecule has 1 heterocycles. The fourth-order valence-corrected chi connectivity index (χ4v) is 1.83. The number of aromatic nitrogens is 3. The molecule has 0 aliphatic rings. The minimum absolute atomic E-state index is 0.0888. The highest BCUT2D eigenvalue weighted by molar-refractivity contribution is 9.10. The number of anilines is 2. The van der Waals surface area contributed by atoms with E-state index in [4.69, 9.17) is 16.3 Å². The second-order valence-electron chi connectivity index (χ2n) is 3.28. The average Bonchev–Trinajstić information content (AvgIpc) is 2.28. The van der Waals surface area contributed by atoms with Gasteiger partial charge in [0.2, 0.25) is 11.2 Å². The molecular weight excluding hydrogens is 320 g/mol. The molecule has 5 nitrogen and oxygen atoms in total. The van der Waals surface area contributed by atoms with Crippen LogP contribution >= 0.6 is 27.5 Å². The van der Waals surface area contributed by atoms with Gasteiger partial charge < -0.3 is 10.1 Å². The summed E-state index contributed by atoms with van der Waals surface area (Å²) in [5, 5.41) is 3.12. The zero-order valence-electron chi connectivity index (χ0n) is 9.52. The van der Waals surface area contributed by atoms with Crippen LogP contribution in [0.15, 0.2) is 28.7 Å². The van der Waals surface area contributed by atoms with Crippen molar-refractivity contribution in [3.63, 3.8) is 0 Å². The van der Waals surface area contributed by atoms with Gasteiger partial charge in [-0.05, 0) is 36.7 Å². The summed E-state index contributed by atoms with van der Waals surface area (Å²) in [4.78, 5) is 11.9. The number of nitrogens with zero attached hydrogens (tertiary/aromatic N) is 3. The smallest absolute Gasteiger partial charge is 0.322 e. The van der Waals surface area contributed by atoms with Crippen LogP contribution in [0.4, 0.5) is 11.6 Å². The fraction of sp³-hybridized carbons (Fsp3) is 0.182. The molecule has 0 saturated carbocycles. The van der Waals surface area contributed by atoms with Crippen molar-refractivity contribution < 1.29 is 4.74 Å². The zero-order valence-corrected chi connectivity index (χ0v) is 11.9. The maximum absolute atomic E-state index is 5.79. The summed E-state index contributed by atoms with van der Waals surface area (Å²) in [5.74, 6) is 0.344. The zero-order chi connectivity index (χ0) is 13.0. The Labute approximate surface area is 118 Å². The Morgan fingerprint density at radius 2 is 2.17 bits per heavy atom. The van der Waals surface area contributed by atoms with E-state index in [0.717, 1.165) is 10.2 Å². The van der Waals surface area contributed by atoms with Gasteiger partial charge in [0.05, 0.1) is 6.61 Å². The predicted octanol–water partition coefficient (Wildman–Crippen LogP) is 3.43. The SMILES string of the molecule is CCOc1nc(Cl)nc(Nc2cccc(Br)c2)n1. The van der Waals surface area contributed by atoms with Crippen molar-refractivity contribution in [2.45, 2.75) is 6.92 Å². The van der Waals surface area contributed by atoms with Crippen LogP contribution in [0.3, 0.4) is 0 Å². The molecule has 7 heteroatoms. The molecule has 1 aromatic heterocycles. The van der Waals surface area contributed by atoms with Gasteiger partial charge in [0.1, 0.15) is 0 Å². The quantitative estimate of drug-likeness (QED) is 0.931. The second-order valence-corrected chi connectivity index (χ2v) is 4.53. The number of hydrogen-bond donors (Lipinski definition) is 1. The molecule has 18 heavy (non-hydrogen) atoms. The highest BCUT2D eigenvalue weighted by Crippen LogP contribution is 2.20. The molecule has 0 saturated heterocycles. The van der Waals surface area contributed by atoms with Crippen molar-refractivity contribution in [2.75, 3.05) is 11.9 Å². The van der Waals surface area contributed by atoms with E-state index >= 15 is 0 Å². The molecule has 0 atom stereocenters. The molecule has 2 rings (SSSR count). The van der Waals surface area contributed by atoms with Crippen molar-refractivity contribution in [1.29, 1.82) is 0 Å². The van der Waals surface area contributed by atoms with Crippen molar-refractivity contribution in [1.82, 2.24) is 15.0 Å². The maximum Gasteiger partial charge on any atom is 0.322 e. The summed E-state index contributed by atoms with van der Waals surface area (Å²) in [6.07, 6.45) is 0. The lowest BCUT2D eigenvalue weighted by molar-refractivity contribution is 0.312. The molecule has 0 aliphatic carbocycles. The molecule has 0 amide bonds. The van der Waals surface area contributed by atoms with Crippen LogP contribution in [0.5, 0.6) is 6.01 Å². The van der Waals surface area contributed by atoms with E-state index in [-0.39, 0.29) is 11.3 Å². The molecule has 0 fully saturated rings. The molecule has 94 valence electrons. The highest BCUT2D eigenvalue weighted by atomic mass is 79.9. The Morgan fingerprint density at radius 3 is 2.89 bits per heavy atom. The van der Waals surface area contributed by atoms with Gasteiger partial charge in [0.15, 0.2) is 0 Å². The molecular formula is C11H10BrClN4O. The summed E-state index contributed by atoms with van der Waals surface area (Å²) in [5.41, 5.74) is 0.842. The first-order valence-corrected chi connectivity index (χ1v) is 6.41. The van der Waals surface area contributed by atoms with Crippen molar-refractivity contribution in [2.24, 2.45) is 0 Å².